The third-order valence-corrected chi connectivity index (χ3v) is 7.80. The molecule has 1 aliphatic rings. The second-order valence-corrected chi connectivity index (χ2v) is 9.53. The van der Waals surface area contributed by atoms with Crippen LogP contribution >= 0.6 is 0 Å². The number of aryl methyl sites for hydroxylation is 3. The van der Waals surface area contributed by atoms with Crippen LogP contribution in [0, 0.1) is 13.8 Å². The first kappa shape index (κ1) is 20.6. The van der Waals surface area contributed by atoms with Crippen LogP contribution in [0.3, 0.4) is 0 Å². The van der Waals surface area contributed by atoms with Crippen molar-refractivity contribution in [1.29, 1.82) is 0 Å². The molecule has 2 aromatic heterocycles. The zero-order chi connectivity index (χ0) is 21.3. The van der Waals surface area contributed by atoms with Crippen LogP contribution in [0.15, 0.2) is 39.9 Å². The molecule has 0 spiro atoms. The summed E-state index contributed by atoms with van der Waals surface area (Å²) in [5.74, 6) is 0.347. The molecule has 0 bridgehead atoms. The lowest BCUT2D eigenvalue weighted by Crippen LogP contribution is -2.37. The summed E-state index contributed by atoms with van der Waals surface area (Å²) in [6.07, 6.45) is 3.61. The molecule has 8 nitrogen and oxygen atoms in total. The van der Waals surface area contributed by atoms with E-state index in [1.54, 1.807) is 18.7 Å². The molecule has 0 radical (unpaired) electrons. The van der Waals surface area contributed by atoms with Gasteiger partial charge in [-0.1, -0.05) is 23.4 Å². The Kier molecular flexibility index (Phi) is 5.66. The second kappa shape index (κ2) is 8.23. The molecule has 1 saturated heterocycles. The van der Waals surface area contributed by atoms with Crippen LogP contribution in [0.1, 0.15) is 29.9 Å². The van der Waals surface area contributed by atoms with Crippen LogP contribution in [0.2, 0.25) is 0 Å². The molecule has 1 aromatic carbocycles. The molecule has 3 aromatic rings. The average Bonchev–Trinajstić information content (AvgIpc) is 3.18. The minimum atomic E-state index is -3.69. The predicted octanol–water partition coefficient (Wildman–Crippen LogP) is 2.63. The highest BCUT2D eigenvalue weighted by Crippen LogP contribution is 2.24. The molecule has 0 unspecified atom stereocenters. The first-order valence-corrected chi connectivity index (χ1v) is 11.6. The van der Waals surface area contributed by atoms with Crippen LogP contribution in [-0.4, -0.2) is 59.8 Å². The number of amides is 1. The number of benzene rings is 1. The number of aromatic nitrogens is 2. The number of para-hydroxylation sites is 1. The summed E-state index contributed by atoms with van der Waals surface area (Å²) in [6, 6.07) is 8.04. The maximum absolute atomic E-state index is 13.0. The van der Waals surface area contributed by atoms with Gasteiger partial charge in [-0.15, -0.1) is 0 Å². The van der Waals surface area contributed by atoms with Crippen LogP contribution in [-0.2, 0) is 21.2 Å². The van der Waals surface area contributed by atoms with Gasteiger partial charge in [-0.25, -0.2) is 8.42 Å². The molecular formula is C21H26N4O4S. The molecule has 3 heterocycles. The fraction of sp³-hybridized carbons (Fsp3) is 0.429. The van der Waals surface area contributed by atoms with Crippen molar-refractivity contribution in [3.8, 4) is 0 Å². The van der Waals surface area contributed by atoms with Gasteiger partial charge in [0.25, 0.3) is 0 Å². The van der Waals surface area contributed by atoms with Crippen LogP contribution in [0.4, 0.5) is 0 Å². The molecular weight excluding hydrogens is 404 g/mol. The van der Waals surface area contributed by atoms with Gasteiger partial charge in [0, 0.05) is 49.7 Å². The fourth-order valence-electron chi connectivity index (χ4n) is 4.09. The van der Waals surface area contributed by atoms with Gasteiger partial charge in [0.05, 0.1) is 0 Å². The zero-order valence-corrected chi connectivity index (χ0v) is 18.0. The highest BCUT2D eigenvalue weighted by molar-refractivity contribution is 7.89. The molecule has 160 valence electrons. The lowest BCUT2D eigenvalue weighted by Gasteiger charge is -2.22. The highest BCUT2D eigenvalue weighted by atomic mass is 32.2. The van der Waals surface area contributed by atoms with E-state index in [4.69, 9.17) is 4.52 Å². The van der Waals surface area contributed by atoms with E-state index in [0.717, 1.165) is 16.5 Å². The van der Waals surface area contributed by atoms with Crippen LogP contribution < -0.4 is 0 Å². The van der Waals surface area contributed by atoms with E-state index in [1.807, 2.05) is 24.4 Å². The number of carbonyl (C=O) groups is 1. The molecule has 9 heteroatoms. The van der Waals surface area contributed by atoms with E-state index in [2.05, 4.69) is 16.2 Å². The lowest BCUT2D eigenvalue weighted by molar-refractivity contribution is -0.131. The number of nitrogens with zero attached hydrogens (tertiary/aromatic N) is 3. The monoisotopic (exact) mass is 430 g/mol. The van der Waals surface area contributed by atoms with Gasteiger partial charge in [-0.05, 0) is 38.3 Å². The number of rotatable bonds is 5. The van der Waals surface area contributed by atoms with Gasteiger partial charge >= 0.3 is 0 Å². The van der Waals surface area contributed by atoms with E-state index in [9.17, 15) is 13.2 Å². The Morgan fingerprint density at radius 1 is 1.17 bits per heavy atom. The minimum Gasteiger partial charge on any atom is -0.361 e. The number of carbonyl (C=O) groups excluding carboxylic acids is 1. The zero-order valence-electron chi connectivity index (χ0n) is 17.2. The molecule has 0 saturated carbocycles. The maximum atomic E-state index is 13.0. The molecule has 0 aliphatic carbocycles. The number of aromatic amines is 1. The third kappa shape index (κ3) is 3.87. The van der Waals surface area contributed by atoms with Gasteiger partial charge in [0.2, 0.25) is 15.9 Å². The quantitative estimate of drug-likeness (QED) is 0.671. The maximum Gasteiger partial charge on any atom is 0.248 e. The first-order chi connectivity index (χ1) is 14.4. The molecule has 1 N–H and O–H groups in total. The molecule has 0 atom stereocenters. The normalized spacial score (nSPS) is 16.1. The summed E-state index contributed by atoms with van der Waals surface area (Å²) in [5, 5.41) is 4.90. The van der Waals surface area contributed by atoms with Gasteiger partial charge < -0.3 is 14.4 Å². The number of sulfonamides is 1. The molecule has 4 rings (SSSR count). The Morgan fingerprint density at radius 3 is 2.73 bits per heavy atom. The van der Waals surface area contributed by atoms with Crippen molar-refractivity contribution in [1.82, 2.24) is 19.3 Å². The summed E-state index contributed by atoms with van der Waals surface area (Å²) in [4.78, 5) is 17.9. The van der Waals surface area contributed by atoms with Gasteiger partial charge in [-0.3, -0.25) is 4.79 Å². The standard InChI is InChI=1S/C21H26N4O4S/c1-15-21(16(2)29-23-15)30(27,28)25-11-5-10-24(12-13-25)20(26)9-8-17-14-22-19-7-4-3-6-18(17)19/h3-4,6-7,14,22H,5,8-13H2,1-2H3. The fourth-order valence-corrected chi connectivity index (χ4v) is 5.85. The number of H-pyrrole nitrogens is 1. The van der Waals surface area contributed by atoms with E-state index in [-0.39, 0.29) is 17.3 Å². The summed E-state index contributed by atoms with van der Waals surface area (Å²) in [7, 11) is -3.69. The van der Waals surface area contributed by atoms with E-state index in [1.165, 1.54) is 4.31 Å². The van der Waals surface area contributed by atoms with Crippen molar-refractivity contribution in [2.24, 2.45) is 0 Å². The van der Waals surface area contributed by atoms with Crippen molar-refractivity contribution < 1.29 is 17.7 Å². The Balaban J connectivity index is 1.40. The van der Waals surface area contributed by atoms with Crippen LogP contribution in [0.25, 0.3) is 10.9 Å². The summed E-state index contributed by atoms with van der Waals surface area (Å²) in [6.45, 7) is 4.81. The van der Waals surface area contributed by atoms with Crippen molar-refractivity contribution >= 4 is 26.8 Å². The van der Waals surface area contributed by atoms with Crippen LogP contribution in [0.5, 0.6) is 0 Å². The van der Waals surface area contributed by atoms with Gasteiger partial charge in [-0.2, -0.15) is 4.31 Å². The Hall–Kier alpha value is -2.65. The smallest absolute Gasteiger partial charge is 0.248 e. The SMILES string of the molecule is Cc1noc(C)c1S(=O)(=O)N1CCCN(C(=O)CCc2c[nH]c3ccccc23)CC1. The lowest BCUT2D eigenvalue weighted by atomic mass is 10.1. The highest BCUT2D eigenvalue weighted by Gasteiger charge is 2.32. The Morgan fingerprint density at radius 2 is 1.97 bits per heavy atom. The third-order valence-electron chi connectivity index (χ3n) is 5.66. The predicted molar refractivity (Wildman–Crippen MR) is 113 cm³/mol. The van der Waals surface area contributed by atoms with E-state index >= 15 is 0 Å². The Bertz CT molecular complexity index is 1150. The number of fused-ring (bicyclic) bond motifs is 1. The van der Waals surface area contributed by atoms with E-state index < -0.39 is 10.0 Å². The molecule has 1 amide bonds. The summed E-state index contributed by atoms with van der Waals surface area (Å²) in [5.41, 5.74) is 2.55. The van der Waals surface area contributed by atoms with Crippen molar-refractivity contribution in [2.45, 2.75) is 38.0 Å². The molecule has 1 aliphatic heterocycles. The molecule has 1 fully saturated rings. The number of hydrogen-bond donors (Lipinski definition) is 1. The number of nitrogens with one attached hydrogen (secondary N) is 1. The van der Waals surface area contributed by atoms with E-state index in [0.29, 0.717) is 50.4 Å². The van der Waals surface area contributed by atoms with Gasteiger partial charge in [0.1, 0.15) is 10.6 Å². The largest absolute Gasteiger partial charge is 0.361 e. The summed E-state index contributed by atoms with van der Waals surface area (Å²) < 4.78 is 32.6. The van der Waals surface area contributed by atoms with Crippen molar-refractivity contribution in [3.63, 3.8) is 0 Å². The van der Waals surface area contributed by atoms with Crippen molar-refractivity contribution in [2.75, 3.05) is 26.2 Å². The topological polar surface area (TPSA) is 99.5 Å². The number of hydrogen-bond acceptors (Lipinski definition) is 5. The second-order valence-electron chi connectivity index (χ2n) is 7.65. The van der Waals surface area contributed by atoms with Crippen molar-refractivity contribution in [3.05, 3.63) is 47.5 Å². The summed E-state index contributed by atoms with van der Waals surface area (Å²) >= 11 is 0. The Labute approximate surface area is 175 Å². The molecule has 30 heavy (non-hydrogen) atoms. The average molecular weight is 431 g/mol. The first-order valence-electron chi connectivity index (χ1n) is 10.1. The van der Waals surface area contributed by atoms with Gasteiger partial charge in [0.15, 0.2) is 5.76 Å². The minimum absolute atomic E-state index is 0.0527.